The average Bonchev–Trinajstić information content (AvgIpc) is 2.01. The lowest BCUT2D eigenvalue weighted by atomic mass is 10.3. The van der Waals surface area contributed by atoms with Crippen LogP contribution < -0.4 is 10.6 Å². The van der Waals surface area contributed by atoms with Crippen molar-refractivity contribution < 1.29 is 9.90 Å². The molecule has 0 rings (SSSR count). The highest BCUT2D eigenvalue weighted by Crippen LogP contribution is 1.81. The van der Waals surface area contributed by atoms with Crippen molar-refractivity contribution in [3.63, 3.8) is 0 Å². The van der Waals surface area contributed by atoms with Gasteiger partial charge in [-0.05, 0) is 18.6 Å². The third-order valence-electron chi connectivity index (χ3n) is 1.22. The number of aliphatic carboxylic acids is 1. The van der Waals surface area contributed by atoms with E-state index in [1.165, 1.54) is 0 Å². The van der Waals surface area contributed by atoms with Gasteiger partial charge in [0, 0.05) is 6.54 Å². The Morgan fingerprint density at radius 2 is 2.17 bits per heavy atom. The van der Waals surface area contributed by atoms with Gasteiger partial charge in [0.25, 0.3) is 0 Å². The van der Waals surface area contributed by atoms with Gasteiger partial charge in [-0.15, -0.1) is 0 Å². The van der Waals surface area contributed by atoms with E-state index in [-0.39, 0.29) is 6.54 Å². The van der Waals surface area contributed by atoms with Crippen LogP contribution in [0.2, 0.25) is 0 Å². The number of carboxylic acid groups (broad SMARTS) is 1. The molecule has 0 heterocycles. The zero-order valence-corrected chi connectivity index (χ0v) is 7.91. The lowest BCUT2D eigenvalue weighted by Gasteiger charge is -2.07. The van der Waals surface area contributed by atoms with Crippen LogP contribution in [0.4, 0.5) is 0 Å². The largest absolute Gasteiger partial charge is 0.480 e. The molecule has 0 bridgehead atoms. The van der Waals surface area contributed by atoms with Gasteiger partial charge in [-0.2, -0.15) is 0 Å². The molecule has 0 saturated carbocycles. The molecule has 0 aliphatic carbocycles. The fourth-order valence-electron chi connectivity index (χ4n) is 0.597. The second-order valence-electron chi connectivity index (χ2n) is 2.36. The molecule has 0 amide bonds. The smallest absolute Gasteiger partial charge is 0.322 e. The topological polar surface area (TPSA) is 61.4 Å². The fourth-order valence-corrected chi connectivity index (χ4v) is 0.771. The van der Waals surface area contributed by atoms with Crippen LogP contribution in [-0.4, -0.2) is 29.3 Å². The van der Waals surface area contributed by atoms with Crippen molar-refractivity contribution in [1.29, 1.82) is 0 Å². The zero-order valence-electron chi connectivity index (χ0n) is 7.09. The summed E-state index contributed by atoms with van der Waals surface area (Å²) in [4.78, 5) is 10.1. The molecule has 70 valence electrons. The molecule has 0 aromatic rings. The van der Waals surface area contributed by atoms with Crippen molar-refractivity contribution in [3.8, 4) is 0 Å². The predicted octanol–water partition coefficient (Wildman–Crippen LogP) is 0.335. The van der Waals surface area contributed by atoms with E-state index in [9.17, 15) is 4.79 Å². The molecule has 0 spiro atoms. The van der Waals surface area contributed by atoms with Crippen LogP contribution >= 0.6 is 12.2 Å². The van der Waals surface area contributed by atoms with Crippen LogP contribution in [0.5, 0.6) is 0 Å². The van der Waals surface area contributed by atoms with Crippen LogP contribution in [-0.2, 0) is 4.79 Å². The number of thiocarbonyl (C=S) groups is 1. The molecular weight excluding hydrogens is 176 g/mol. The number of carbonyl (C=O) groups is 1. The Labute approximate surface area is 77.3 Å². The fraction of sp³-hybridized carbons (Fsp3) is 0.714. The molecular formula is C7H14N2O2S. The molecule has 0 saturated heterocycles. The van der Waals surface area contributed by atoms with Gasteiger partial charge in [-0.25, -0.2) is 0 Å². The maximum atomic E-state index is 10.1. The molecule has 0 aliphatic heterocycles. The van der Waals surface area contributed by atoms with Crippen LogP contribution in [0.3, 0.4) is 0 Å². The van der Waals surface area contributed by atoms with E-state index < -0.39 is 5.97 Å². The van der Waals surface area contributed by atoms with Gasteiger partial charge in [-0.3, -0.25) is 4.79 Å². The summed E-state index contributed by atoms with van der Waals surface area (Å²) in [6.07, 6.45) is 2.13. The number of hydrogen-bond acceptors (Lipinski definition) is 2. The molecule has 0 atom stereocenters. The van der Waals surface area contributed by atoms with Crippen molar-refractivity contribution in [2.75, 3.05) is 13.1 Å². The first-order chi connectivity index (χ1) is 5.66. The molecule has 0 aliphatic rings. The van der Waals surface area contributed by atoms with E-state index in [1.54, 1.807) is 0 Å². The third-order valence-corrected chi connectivity index (χ3v) is 1.50. The molecule has 0 radical (unpaired) electrons. The van der Waals surface area contributed by atoms with Gasteiger partial charge in [0.15, 0.2) is 5.11 Å². The van der Waals surface area contributed by atoms with Crippen molar-refractivity contribution in [2.24, 2.45) is 0 Å². The van der Waals surface area contributed by atoms with Crippen molar-refractivity contribution in [3.05, 3.63) is 0 Å². The van der Waals surface area contributed by atoms with E-state index in [4.69, 9.17) is 17.3 Å². The maximum absolute atomic E-state index is 10.1. The van der Waals surface area contributed by atoms with E-state index in [0.717, 1.165) is 19.4 Å². The summed E-state index contributed by atoms with van der Waals surface area (Å²) in [7, 11) is 0. The van der Waals surface area contributed by atoms with Crippen LogP contribution in [0, 0.1) is 0 Å². The van der Waals surface area contributed by atoms with Gasteiger partial charge >= 0.3 is 5.97 Å². The Bertz CT molecular complexity index is 161. The number of nitrogens with one attached hydrogen (secondary N) is 2. The molecule has 12 heavy (non-hydrogen) atoms. The minimum atomic E-state index is -0.908. The van der Waals surface area contributed by atoms with Gasteiger partial charge in [-0.1, -0.05) is 13.3 Å². The Kier molecular flexibility index (Phi) is 6.37. The summed E-state index contributed by atoms with van der Waals surface area (Å²) in [5.74, 6) is -0.908. The first-order valence-electron chi connectivity index (χ1n) is 3.90. The summed E-state index contributed by atoms with van der Waals surface area (Å²) < 4.78 is 0. The summed E-state index contributed by atoms with van der Waals surface area (Å²) in [6.45, 7) is 2.75. The monoisotopic (exact) mass is 190 g/mol. The number of carboxylic acids is 1. The van der Waals surface area contributed by atoms with E-state index >= 15 is 0 Å². The summed E-state index contributed by atoms with van der Waals surface area (Å²) in [5.41, 5.74) is 0. The maximum Gasteiger partial charge on any atom is 0.322 e. The van der Waals surface area contributed by atoms with Gasteiger partial charge < -0.3 is 15.7 Å². The van der Waals surface area contributed by atoms with Crippen LogP contribution in [0.15, 0.2) is 0 Å². The minimum Gasteiger partial charge on any atom is -0.480 e. The van der Waals surface area contributed by atoms with Gasteiger partial charge in [0.05, 0.1) is 0 Å². The van der Waals surface area contributed by atoms with E-state index in [2.05, 4.69) is 17.6 Å². The SMILES string of the molecule is CCCCNC(=S)NCC(=O)O. The first kappa shape index (κ1) is 11.2. The number of hydrogen-bond donors (Lipinski definition) is 3. The summed E-state index contributed by atoms with van der Waals surface area (Å²) in [6, 6.07) is 0. The highest BCUT2D eigenvalue weighted by molar-refractivity contribution is 7.80. The first-order valence-corrected chi connectivity index (χ1v) is 4.31. The highest BCUT2D eigenvalue weighted by atomic mass is 32.1. The number of rotatable bonds is 5. The predicted molar refractivity (Wildman–Crippen MR) is 51.1 cm³/mol. The second-order valence-corrected chi connectivity index (χ2v) is 2.76. The number of unbranched alkanes of at least 4 members (excludes halogenated alkanes) is 1. The summed E-state index contributed by atoms with van der Waals surface area (Å²) >= 11 is 4.80. The Balaban J connectivity index is 3.28. The van der Waals surface area contributed by atoms with Crippen molar-refractivity contribution in [1.82, 2.24) is 10.6 Å². The van der Waals surface area contributed by atoms with E-state index in [1.807, 2.05) is 0 Å². The standard InChI is InChI=1S/C7H14N2O2S/c1-2-3-4-8-7(12)9-5-6(10)11/h2-5H2,1H3,(H,10,11)(H2,8,9,12). The molecule has 0 aromatic carbocycles. The molecule has 5 heteroatoms. The minimum absolute atomic E-state index is 0.127. The lowest BCUT2D eigenvalue weighted by molar-refractivity contribution is -0.135. The van der Waals surface area contributed by atoms with Crippen molar-refractivity contribution in [2.45, 2.75) is 19.8 Å². The molecule has 4 nitrogen and oxygen atoms in total. The zero-order chi connectivity index (χ0) is 9.40. The van der Waals surface area contributed by atoms with Crippen LogP contribution in [0.1, 0.15) is 19.8 Å². The van der Waals surface area contributed by atoms with E-state index in [0.29, 0.717) is 5.11 Å². The summed E-state index contributed by atoms with van der Waals surface area (Å²) in [5, 5.41) is 14.1. The normalized spacial score (nSPS) is 9.08. The Morgan fingerprint density at radius 1 is 1.50 bits per heavy atom. The molecule has 0 aromatic heterocycles. The third kappa shape index (κ3) is 7.27. The Morgan fingerprint density at radius 3 is 2.67 bits per heavy atom. The van der Waals surface area contributed by atoms with Gasteiger partial charge in [0.2, 0.25) is 0 Å². The average molecular weight is 190 g/mol. The molecule has 3 N–H and O–H groups in total. The van der Waals surface area contributed by atoms with Gasteiger partial charge in [0.1, 0.15) is 6.54 Å². The lowest BCUT2D eigenvalue weighted by Crippen LogP contribution is -2.38. The molecule has 0 unspecified atom stereocenters. The van der Waals surface area contributed by atoms with Crippen molar-refractivity contribution >= 4 is 23.3 Å². The quantitative estimate of drug-likeness (QED) is 0.431. The molecule has 0 fully saturated rings. The second kappa shape index (κ2) is 6.84. The Hall–Kier alpha value is -0.840. The van der Waals surface area contributed by atoms with Crippen LogP contribution in [0.25, 0.3) is 0 Å². The highest BCUT2D eigenvalue weighted by Gasteiger charge is 1.97.